The first-order chi connectivity index (χ1) is 15.3. The molecule has 8 nitrogen and oxygen atoms in total. The van der Waals surface area contributed by atoms with Gasteiger partial charge in [0.15, 0.2) is 11.4 Å². The van der Waals surface area contributed by atoms with Gasteiger partial charge in [0.25, 0.3) is 11.8 Å². The van der Waals surface area contributed by atoms with Crippen LogP contribution < -0.4 is 10.7 Å². The molecular formula is C22H22ClFN4O4. The summed E-state index contributed by atoms with van der Waals surface area (Å²) in [7, 11) is 1.95. The van der Waals surface area contributed by atoms with Crippen LogP contribution in [0, 0.1) is 5.82 Å². The van der Waals surface area contributed by atoms with Gasteiger partial charge in [-0.25, -0.2) is 4.39 Å². The minimum Gasteiger partial charge on any atom is -0.503 e. The molecular weight excluding hydrogens is 439 g/mol. The van der Waals surface area contributed by atoms with Crippen LogP contribution in [0.4, 0.5) is 4.39 Å². The third kappa shape index (κ3) is 2.95. The van der Waals surface area contributed by atoms with Gasteiger partial charge in [-0.15, -0.1) is 0 Å². The maximum absolute atomic E-state index is 14.1. The smallest absolute Gasteiger partial charge is 0.275 e. The van der Waals surface area contributed by atoms with Gasteiger partial charge in [0, 0.05) is 31.4 Å². The predicted molar refractivity (Wildman–Crippen MR) is 114 cm³/mol. The van der Waals surface area contributed by atoms with Gasteiger partial charge in [-0.3, -0.25) is 19.3 Å². The second-order valence-corrected chi connectivity index (χ2v) is 9.05. The quantitative estimate of drug-likeness (QED) is 0.729. The van der Waals surface area contributed by atoms with Crippen molar-refractivity contribution >= 4 is 23.4 Å². The van der Waals surface area contributed by atoms with E-state index in [1.165, 1.54) is 18.3 Å². The number of halogens is 2. The van der Waals surface area contributed by atoms with E-state index in [1.54, 1.807) is 15.5 Å². The van der Waals surface area contributed by atoms with Crippen molar-refractivity contribution in [3.63, 3.8) is 0 Å². The number of hydrogen-bond donors (Lipinski definition) is 2. The number of nitrogens with one attached hydrogen (secondary N) is 1. The highest BCUT2D eigenvalue weighted by atomic mass is 35.5. The number of aromatic nitrogens is 1. The number of likely N-dealkylation sites (N-methyl/N-ethyl adjacent to an activating group) is 1. The lowest BCUT2D eigenvalue weighted by atomic mass is 9.99. The topological polar surface area (TPSA) is 94.9 Å². The van der Waals surface area contributed by atoms with Crippen LogP contribution in [0.2, 0.25) is 5.02 Å². The van der Waals surface area contributed by atoms with Crippen molar-refractivity contribution in [2.24, 2.45) is 0 Å². The van der Waals surface area contributed by atoms with Gasteiger partial charge < -0.3 is 19.9 Å². The Kier molecular flexibility index (Phi) is 4.79. The third-order valence-electron chi connectivity index (χ3n) is 6.71. The molecule has 1 aromatic carbocycles. The molecule has 10 heteroatoms. The number of rotatable bonds is 3. The number of carbonyl (C=O) groups excluding carboxylic acids is 2. The van der Waals surface area contributed by atoms with Gasteiger partial charge in [-0.2, -0.15) is 0 Å². The normalized spacial score (nSPS) is 21.3. The van der Waals surface area contributed by atoms with E-state index in [1.807, 2.05) is 7.05 Å². The summed E-state index contributed by atoms with van der Waals surface area (Å²) in [6.07, 6.45) is 3.49. The minimum absolute atomic E-state index is 0.0708. The number of aromatic hydroxyl groups is 1. The molecule has 0 radical (unpaired) electrons. The molecule has 2 N–H and O–H groups in total. The number of amides is 2. The molecule has 168 valence electrons. The Morgan fingerprint density at radius 2 is 2.06 bits per heavy atom. The van der Waals surface area contributed by atoms with Gasteiger partial charge in [-0.05, 0) is 32.4 Å². The molecule has 5 rings (SSSR count). The molecule has 1 spiro atoms. The molecule has 3 aliphatic rings. The molecule has 1 saturated carbocycles. The van der Waals surface area contributed by atoms with E-state index in [9.17, 15) is 23.9 Å². The average Bonchev–Trinajstić information content (AvgIpc) is 3.56. The number of hydrogen-bond acceptors (Lipinski definition) is 5. The predicted octanol–water partition coefficient (Wildman–Crippen LogP) is 1.88. The molecule has 1 aromatic heterocycles. The number of benzene rings is 1. The zero-order valence-corrected chi connectivity index (χ0v) is 18.2. The van der Waals surface area contributed by atoms with Crippen molar-refractivity contribution < 1.29 is 19.1 Å². The summed E-state index contributed by atoms with van der Waals surface area (Å²) in [6, 6.07) is 4.43. The standard InChI is InChI=1S/C22H22ClFN4O4/c1-26-8-3-9-27-20(32)16-18(30)17(29)13(11-28(16)22(6-7-22)21(26)27)19(31)25-10-12-4-2-5-14(23)15(12)24/h2,4-5,11,21,30H,3,6-10H2,1H3,(H,25,31). The SMILES string of the molecule is CN1CCCN2C(=O)c3c(O)c(=O)c(C(=O)NCc4cccc(Cl)c4F)cn3C3(CC3)C12. The fourth-order valence-corrected chi connectivity index (χ4v) is 5.24. The highest BCUT2D eigenvalue weighted by Crippen LogP contribution is 2.53. The summed E-state index contributed by atoms with van der Waals surface area (Å²) in [4.78, 5) is 42.6. The summed E-state index contributed by atoms with van der Waals surface area (Å²) in [5, 5.41) is 13.1. The summed E-state index contributed by atoms with van der Waals surface area (Å²) in [5.74, 6) is -2.55. The Labute approximate surface area is 188 Å². The van der Waals surface area contributed by atoms with Crippen LogP contribution in [-0.4, -0.2) is 57.6 Å². The zero-order chi connectivity index (χ0) is 22.8. The van der Waals surface area contributed by atoms with Crippen LogP contribution in [0.1, 0.15) is 45.7 Å². The van der Waals surface area contributed by atoms with E-state index < -0.39 is 34.3 Å². The second-order valence-electron chi connectivity index (χ2n) is 8.64. The van der Waals surface area contributed by atoms with Crippen molar-refractivity contribution in [2.45, 2.75) is 37.5 Å². The van der Waals surface area contributed by atoms with E-state index in [0.29, 0.717) is 6.54 Å². The highest BCUT2D eigenvalue weighted by Gasteiger charge is 2.61. The Hall–Kier alpha value is -2.91. The van der Waals surface area contributed by atoms with Crippen LogP contribution in [0.25, 0.3) is 0 Å². The summed E-state index contributed by atoms with van der Waals surface area (Å²) < 4.78 is 15.7. The summed E-state index contributed by atoms with van der Waals surface area (Å²) in [5.41, 5.74) is -1.61. The molecule has 2 aliphatic heterocycles. The third-order valence-corrected chi connectivity index (χ3v) is 7.00. The van der Waals surface area contributed by atoms with E-state index in [2.05, 4.69) is 10.2 Å². The maximum Gasteiger partial charge on any atom is 0.275 e. The number of nitrogens with zero attached hydrogens (tertiary/aromatic N) is 3. The lowest BCUT2D eigenvalue weighted by Gasteiger charge is -2.50. The second kappa shape index (κ2) is 7.31. The monoisotopic (exact) mass is 460 g/mol. The highest BCUT2D eigenvalue weighted by molar-refractivity contribution is 6.30. The molecule has 1 unspecified atom stereocenters. The van der Waals surface area contributed by atoms with Crippen molar-refractivity contribution in [3.8, 4) is 5.75 Å². The van der Waals surface area contributed by atoms with Crippen LogP contribution in [0.3, 0.4) is 0 Å². The molecule has 2 fully saturated rings. The van der Waals surface area contributed by atoms with Crippen molar-refractivity contribution in [1.82, 2.24) is 19.7 Å². The molecule has 32 heavy (non-hydrogen) atoms. The van der Waals surface area contributed by atoms with E-state index in [0.717, 1.165) is 25.8 Å². The van der Waals surface area contributed by atoms with Crippen LogP contribution in [0.15, 0.2) is 29.2 Å². The van der Waals surface area contributed by atoms with Crippen molar-refractivity contribution in [1.29, 1.82) is 0 Å². The average molecular weight is 461 g/mol. The molecule has 2 aromatic rings. The number of carbonyl (C=O) groups is 2. The molecule has 3 heterocycles. The molecule has 1 atom stereocenters. The fourth-order valence-electron chi connectivity index (χ4n) is 5.05. The number of pyridine rings is 1. The van der Waals surface area contributed by atoms with Crippen LogP contribution in [-0.2, 0) is 12.1 Å². The first kappa shape index (κ1) is 21.0. The number of fused-ring (bicyclic) bond motifs is 4. The first-order valence-corrected chi connectivity index (χ1v) is 10.9. The van der Waals surface area contributed by atoms with Gasteiger partial charge in [0.1, 0.15) is 17.5 Å². The summed E-state index contributed by atoms with van der Waals surface area (Å²) >= 11 is 5.78. The largest absolute Gasteiger partial charge is 0.503 e. The minimum atomic E-state index is -0.923. The van der Waals surface area contributed by atoms with E-state index in [-0.39, 0.29) is 34.6 Å². The Morgan fingerprint density at radius 1 is 1.31 bits per heavy atom. The van der Waals surface area contributed by atoms with Crippen molar-refractivity contribution in [3.05, 3.63) is 62.3 Å². The first-order valence-electron chi connectivity index (χ1n) is 10.5. The fraction of sp³-hybridized carbons (Fsp3) is 0.409. The Morgan fingerprint density at radius 3 is 2.78 bits per heavy atom. The maximum atomic E-state index is 14.1. The zero-order valence-electron chi connectivity index (χ0n) is 17.4. The molecule has 0 bridgehead atoms. The Bertz CT molecular complexity index is 1210. The molecule has 1 aliphatic carbocycles. The lowest BCUT2D eigenvalue weighted by molar-refractivity contribution is -0.0257. The van der Waals surface area contributed by atoms with Gasteiger partial charge in [0.05, 0.1) is 10.6 Å². The van der Waals surface area contributed by atoms with Gasteiger partial charge in [-0.1, -0.05) is 23.7 Å². The van der Waals surface area contributed by atoms with Gasteiger partial charge >= 0.3 is 0 Å². The van der Waals surface area contributed by atoms with Crippen LogP contribution in [0.5, 0.6) is 5.75 Å². The molecule has 1 saturated heterocycles. The van der Waals surface area contributed by atoms with Crippen LogP contribution >= 0.6 is 11.6 Å². The van der Waals surface area contributed by atoms with Crippen molar-refractivity contribution in [2.75, 3.05) is 20.1 Å². The Balaban J connectivity index is 1.53. The molecule has 2 amide bonds. The summed E-state index contributed by atoms with van der Waals surface area (Å²) in [6.45, 7) is 1.20. The van der Waals surface area contributed by atoms with E-state index >= 15 is 0 Å². The van der Waals surface area contributed by atoms with Gasteiger partial charge in [0.2, 0.25) is 5.43 Å². The lowest BCUT2D eigenvalue weighted by Crippen LogP contribution is -2.65. The van der Waals surface area contributed by atoms with E-state index in [4.69, 9.17) is 11.6 Å².